The van der Waals surface area contributed by atoms with Crippen molar-refractivity contribution in [2.24, 2.45) is 0 Å². The summed E-state index contributed by atoms with van der Waals surface area (Å²) < 4.78 is 1.26. The van der Waals surface area contributed by atoms with Crippen LogP contribution in [-0.4, -0.2) is 38.9 Å². The first-order valence-electron chi connectivity index (χ1n) is 7.75. The van der Waals surface area contributed by atoms with E-state index in [1.54, 1.807) is 6.07 Å². The van der Waals surface area contributed by atoms with Gasteiger partial charge in [0, 0.05) is 19.1 Å². The van der Waals surface area contributed by atoms with E-state index in [4.69, 9.17) is 0 Å². The molecule has 0 aromatic carbocycles. The smallest absolute Gasteiger partial charge is 0.364 e. The molecule has 2 aromatic heterocycles. The third-order valence-electron chi connectivity index (χ3n) is 3.99. The molecule has 0 unspecified atom stereocenters. The standard InChI is InChI=1S/C14H22N6O/c21-14-18-17-13-8-7-12(19-20(13)14)16-10-9-15-11-5-3-1-2-4-6-11/h7-8,11,15H,1-6,9-10H2,(H,16,19)(H,18,21). The summed E-state index contributed by atoms with van der Waals surface area (Å²) in [5.41, 5.74) is 0.215. The van der Waals surface area contributed by atoms with Gasteiger partial charge in [-0.1, -0.05) is 25.7 Å². The molecule has 0 atom stereocenters. The van der Waals surface area contributed by atoms with Crippen LogP contribution < -0.4 is 16.3 Å². The van der Waals surface area contributed by atoms with Crippen LogP contribution in [0.25, 0.3) is 5.65 Å². The molecule has 1 saturated carbocycles. The minimum Gasteiger partial charge on any atom is -0.367 e. The van der Waals surface area contributed by atoms with Crippen molar-refractivity contribution in [1.29, 1.82) is 0 Å². The van der Waals surface area contributed by atoms with Crippen molar-refractivity contribution < 1.29 is 0 Å². The van der Waals surface area contributed by atoms with E-state index >= 15 is 0 Å². The van der Waals surface area contributed by atoms with Gasteiger partial charge in [-0.15, -0.1) is 5.10 Å². The highest BCUT2D eigenvalue weighted by Crippen LogP contribution is 2.16. The molecule has 3 N–H and O–H groups in total. The first-order chi connectivity index (χ1) is 10.3. The first-order valence-corrected chi connectivity index (χ1v) is 7.75. The number of nitrogens with one attached hydrogen (secondary N) is 3. The maximum atomic E-state index is 11.4. The minimum atomic E-state index is -0.315. The van der Waals surface area contributed by atoms with Crippen LogP contribution in [0.3, 0.4) is 0 Å². The number of H-pyrrole nitrogens is 1. The lowest BCUT2D eigenvalue weighted by atomic mass is 10.1. The molecule has 1 fully saturated rings. The van der Waals surface area contributed by atoms with Crippen LogP contribution in [0.1, 0.15) is 38.5 Å². The summed E-state index contributed by atoms with van der Waals surface area (Å²) in [5.74, 6) is 0.689. The van der Waals surface area contributed by atoms with E-state index in [-0.39, 0.29) is 5.69 Å². The molecule has 0 spiro atoms. The number of nitrogens with zero attached hydrogens (tertiary/aromatic N) is 3. The Kier molecular flexibility index (Phi) is 4.49. The molecule has 7 nitrogen and oxygen atoms in total. The molecule has 2 heterocycles. The normalized spacial score (nSPS) is 17.0. The van der Waals surface area contributed by atoms with Gasteiger partial charge in [0.25, 0.3) is 0 Å². The minimum absolute atomic E-state index is 0.315. The monoisotopic (exact) mass is 290 g/mol. The second-order valence-electron chi connectivity index (χ2n) is 5.59. The largest absolute Gasteiger partial charge is 0.367 e. The van der Waals surface area contributed by atoms with E-state index in [2.05, 4.69) is 25.9 Å². The summed E-state index contributed by atoms with van der Waals surface area (Å²) in [6.07, 6.45) is 8.00. The molecule has 0 amide bonds. The Bertz CT molecular complexity index is 626. The number of rotatable bonds is 5. The third-order valence-corrected chi connectivity index (χ3v) is 3.99. The van der Waals surface area contributed by atoms with Gasteiger partial charge >= 0.3 is 5.69 Å². The van der Waals surface area contributed by atoms with Crippen molar-refractivity contribution in [2.75, 3.05) is 18.4 Å². The maximum absolute atomic E-state index is 11.4. The van der Waals surface area contributed by atoms with Gasteiger partial charge in [0.05, 0.1) is 0 Å². The number of hydrogen-bond acceptors (Lipinski definition) is 5. The summed E-state index contributed by atoms with van der Waals surface area (Å²) in [5, 5.41) is 17.3. The van der Waals surface area contributed by atoms with Gasteiger partial charge in [-0.2, -0.15) is 9.61 Å². The van der Waals surface area contributed by atoms with Crippen LogP contribution in [0, 0.1) is 0 Å². The Balaban J connectivity index is 1.47. The molecule has 114 valence electrons. The van der Waals surface area contributed by atoms with E-state index in [1.165, 1.54) is 43.0 Å². The fraction of sp³-hybridized carbons (Fsp3) is 0.643. The summed E-state index contributed by atoms with van der Waals surface area (Å²) in [7, 11) is 0. The van der Waals surface area contributed by atoms with Crippen LogP contribution in [0.15, 0.2) is 16.9 Å². The van der Waals surface area contributed by atoms with Crippen LogP contribution in [0.4, 0.5) is 5.82 Å². The number of hydrogen-bond donors (Lipinski definition) is 3. The van der Waals surface area contributed by atoms with E-state index in [0.29, 0.717) is 17.5 Å². The molecule has 0 bridgehead atoms. The fourth-order valence-corrected chi connectivity index (χ4v) is 2.85. The predicted molar refractivity (Wildman–Crippen MR) is 81.6 cm³/mol. The SMILES string of the molecule is O=c1[nH]nc2ccc(NCCNC3CCCCCC3)nn12. The van der Waals surface area contributed by atoms with Gasteiger partial charge in [-0.3, -0.25) is 0 Å². The quantitative estimate of drug-likeness (QED) is 0.568. The van der Waals surface area contributed by atoms with Gasteiger partial charge in [-0.25, -0.2) is 9.89 Å². The molecule has 0 radical (unpaired) electrons. The summed E-state index contributed by atoms with van der Waals surface area (Å²) in [6.45, 7) is 1.70. The number of fused-ring (bicyclic) bond motifs is 1. The van der Waals surface area contributed by atoms with Crippen LogP contribution >= 0.6 is 0 Å². The molecule has 7 heteroatoms. The van der Waals surface area contributed by atoms with Crippen molar-refractivity contribution in [3.05, 3.63) is 22.6 Å². The van der Waals surface area contributed by atoms with Crippen molar-refractivity contribution in [2.45, 2.75) is 44.6 Å². The van der Waals surface area contributed by atoms with Crippen molar-refractivity contribution >= 4 is 11.5 Å². The van der Waals surface area contributed by atoms with E-state index < -0.39 is 0 Å². The highest BCUT2D eigenvalue weighted by molar-refractivity contribution is 5.42. The summed E-state index contributed by atoms with van der Waals surface area (Å²) >= 11 is 0. The number of anilines is 1. The molecule has 0 saturated heterocycles. The Morgan fingerprint density at radius 1 is 1.19 bits per heavy atom. The second kappa shape index (κ2) is 6.71. The van der Waals surface area contributed by atoms with Gasteiger partial charge in [0.15, 0.2) is 5.65 Å². The third kappa shape index (κ3) is 3.60. The maximum Gasteiger partial charge on any atom is 0.364 e. The molecular weight excluding hydrogens is 268 g/mol. The van der Waals surface area contributed by atoms with E-state index in [1.807, 2.05) is 6.07 Å². The van der Waals surface area contributed by atoms with Gasteiger partial charge in [0.1, 0.15) is 5.82 Å². The fourth-order valence-electron chi connectivity index (χ4n) is 2.85. The molecular formula is C14H22N6O. The summed E-state index contributed by atoms with van der Waals surface area (Å²) in [4.78, 5) is 11.4. The zero-order valence-electron chi connectivity index (χ0n) is 12.1. The van der Waals surface area contributed by atoms with Crippen molar-refractivity contribution in [3.8, 4) is 0 Å². The van der Waals surface area contributed by atoms with Crippen LogP contribution in [0.5, 0.6) is 0 Å². The van der Waals surface area contributed by atoms with Crippen LogP contribution in [0.2, 0.25) is 0 Å². The summed E-state index contributed by atoms with van der Waals surface area (Å²) in [6, 6.07) is 4.26. The van der Waals surface area contributed by atoms with E-state index in [9.17, 15) is 4.79 Å². The molecule has 0 aliphatic heterocycles. The molecule has 21 heavy (non-hydrogen) atoms. The molecule has 1 aliphatic rings. The van der Waals surface area contributed by atoms with Gasteiger partial charge < -0.3 is 10.6 Å². The van der Waals surface area contributed by atoms with Gasteiger partial charge in [-0.05, 0) is 25.0 Å². The van der Waals surface area contributed by atoms with E-state index in [0.717, 1.165) is 13.1 Å². The Labute approximate surface area is 123 Å². The topological polar surface area (TPSA) is 87.1 Å². The Morgan fingerprint density at radius 3 is 2.81 bits per heavy atom. The van der Waals surface area contributed by atoms with Crippen LogP contribution in [-0.2, 0) is 0 Å². The second-order valence-corrected chi connectivity index (χ2v) is 5.59. The average Bonchev–Trinajstić information content (AvgIpc) is 2.72. The van der Waals surface area contributed by atoms with Crippen molar-refractivity contribution in [3.63, 3.8) is 0 Å². The lowest BCUT2D eigenvalue weighted by Gasteiger charge is -2.16. The molecule has 2 aromatic rings. The lowest BCUT2D eigenvalue weighted by Crippen LogP contribution is -2.32. The number of aromatic nitrogens is 4. The van der Waals surface area contributed by atoms with Crippen molar-refractivity contribution in [1.82, 2.24) is 25.1 Å². The average molecular weight is 290 g/mol. The first kappa shape index (κ1) is 14.1. The molecule has 3 rings (SSSR count). The van der Waals surface area contributed by atoms with Gasteiger partial charge in [0.2, 0.25) is 0 Å². The Hall–Kier alpha value is -1.89. The molecule has 1 aliphatic carbocycles. The predicted octanol–water partition coefficient (Wildman–Crippen LogP) is 1.14. The highest BCUT2D eigenvalue weighted by atomic mass is 16.2. The lowest BCUT2D eigenvalue weighted by molar-refractivity contribution is 0.468. The highest BCUT2D eigenvalue weighted by Gasteiger charge is 2.10. The number of aromatic amines is 1. The Morgan fingerprint density at radius 2 is 2.00 bits per heavy atom. The zero-order chi connectivity index (χ0) is 14.5. The zero-order valence-corrected chi connectivity index (χ0v) is 12.1.